The van der Waals surface area contributed by atoms with Crippen molar-refractivity contribution in [3.63, 3.8) is 0 Å². The summed E-state index contributed by atoms with van der Waals surface area (Å²) in [6.07, 6.45) is 2.85. The number of rotatable bonds is 7. The third-order valence-electron chi connectivity index (χ3n) is 6.22. The first-order valence-electron chi connectivity index (χ1n) is 12.3. The second kappa shape index (κ2) is 10.6. The number of benzene rings is 2. The average molecular weight is 540 g/mol. The Hall–Kier alpha value is -4.63. The molecule has 8 nitrogen and oxygen atoms in total. The van der Waals surface area contributed by atoms with Gasteiger partial charge in [0.05, 0.1) is 33.9 Å². The number of aromatic nitrogens is 2. The molecule has 3 heterocycles. The maximum Gasteiger partial charge on any atom is 0.338 e. The summed E-state index contributed by atoms with van der Waals surface area (Å²) in [7, 11) is 0. The number of aryl methyl sites for hydroxylation is 1. The van der Waals surface area contributed by atoms with Gasteiger partial charge in [-0.2, -0.15) is 0 Å². The number of ether oxygens (including phenoxy) is 1. The van der Waals surface area contributed by atoms with Gasteiger partial charge in [0.1, 0.15) is 5.01 Å². The molecule has 4 aromatic rings. The third-order valence-corrected chi connectivity index (χ3v) is 7.43. The molecule has 2 aromatic heterocycles. The molecule has 1 aliphatic rings. The molecule has 0 saturated heterocycles. The number of carbonyl (C=O) groups excluding carboxylic acids is 3. The summed E-state index contributed by atoms with van der Waals surface area (Å²) in [5.41, 5.74) is 2.66. The Morgan fingerprint density at radius 1 is 1.00 bits per heavy atom. The Kier molecular flexibility index (Phi) is 7.08. The van der Waals surface area contributed by atoms with Crippen LogP contribution in [0, 0.1) is 6.92 Å². The van der Waals surface area contributed by atoms with Gasteiger partial charge in [-0.1, -0.05) is 30.3 Å². The Bertz CT molecular complexity index is 1580. The van der Waals surface area contributed by atoms with Crippen LogP contribution in [0.3, 0.4) is 0 Å². The zero-order chi connectivity index (χ0) is 27.7. The Morgan fingerprint density at radius 2 is 1.67 bits per heavy atom. The molecule has 5 rings (SSSR count). The van der Waals surface area contributed by atoms with Gasteiger partial charge in [0, 0.05) is 23.6 Å². The second-order valence-corrected chi connectivity index (χ2v) is 10.2. The minimum absolute atomic E-state index is 0.0409. The Balaban J connectivity index is 1.55. The van der Waals surface area contributed by atoms with E-state index in [1.807, 2.05) is 30.3 Å². The molecule has 0 radical (unpaired) electrons. The van der Waals surface area contributed by atoms with Crippen molar-refractivity contribution in [1.82, 2.24) is 9.97 Å². The highest BCUT2D eigenvalue weighted by atomic mass is 32.1. The minimum Gasteiger partial charge on any atom is -0.503 e. The predicted molar refractivity (Wildman–Crippen MR) is 148 cm³/mol. The number of aliphatic hydroxyl groups is 1. The van der Waals surface area contributed by atoms with E-state index < -0.39 is 29.5 Å². The molecule has 0 fully saturated rings. The first-order chi connectivity index (χ1) is 18.8. The summed E-state index contributed by atoms with van der Waals surface area (Å²) in [6, 6.07) is 18.3. The number of Topliss-reactive ketones (excluding diaryl/α,β-unsaturated/α-hetero) is 1. The molecule has 196 valence electrons. The van der Waals surface area contributed by atoms with Gasteiger partial charge < -0.3 is 9.84 Å². The summed E-state index contributed by atoms with van der Waals surface area (Å²) in [4.78, 5) is 50.1. The van der Waals surface area contributed by atoms with Gasteiger partial charge in [-0.15, -0.1) is 11.3 Å². The molecule has 1 amide bonds. The summed E-state index contributed by atoms with van der Waals surface area (Å²) in [5, 5.41) is 11.7. The summed E-state index contributed by atoms with van der Waals surface area (Å²) < 4.78 is 5.25. The van der Waals surface area contributed by atoms with E-state index in [0.29, 0.717) is 32.4 Å². The van der Waals surface area contributed by atoms with Crippen LogP contribution in [0.1, 0.15) is 51.2 Å². The maximum absolute atomic E-state index is 14.0. The van der Waals surface area contributed by atoms with Gasteiger partial charge in [0.25, 0.3) is 5.91 Å². The first-order valence-corrected chi connectivity index (χ1v) is 13.1. The fourth-order valence-electron chi connectivity index (χ4n) is 4.44. The van der Waals surface area contributed by atoms with Gasteiger partial charge in [0.15, 0.2) is 5.76 Å². The van der Waals surface area contributed by atoms with Crippen LogP contribution in [-0.2, 0) is 9.53 Å². The molecule has 9 heteroatoms. The van der Waals surface area contributed by atoms with Gasteiger partial charge in [0.2, 0.25) is 5.78 Å². The highest BCUT2D eigenvalue weighted by Crippen LogP contribution is 2.43. The molecular formula is C30H25N3O5S. The van der Waals surface area contributed by atoms with Crippen LogP contribution in [0.25, 0.3) is 10.6 Å². The smallest absolute Gasteiger partial charge is 0.338 e. The van der Waals surface area contributed by atoms with Crippen molar-refractivity contribution >= 4 is 34.7 Å². The number of amides is 1. The van der Waals surface area contributed by atoms with E-state index >= 15 is 0 Å². The molecule has 39 heavy (non-hydrogen) atoms. The Labute approximate surface area is 229 Å². The fourth-order valence-corrected chi connectivity index (χ4v) is 5.46. The largest absolute Gasteiger partial charge is 0.503 e. The van der Waals surface area contributed by atoms with Crippen LogP contribution in [0.2, 0.25) is 0 Å². The molecule has 0 spiro atoms. The number of hydrogen-bond acceptors (Lipinski definition) is 8. The number of thiazole rings is 1. The average Bonchev–Trinajstić information content (AvgIpc) is 3.46. The van der Waals surface area contributed by atoms with Crippen molar-refractivity contribution in [3.05, 3.63) is 112 Å². The van der Waals surface area contributed by atoms with Crippen LogP contribution in [0.15, 0.2) is 90.5 Å². The normalized spacial score (nSPS) is 15.2. The van der Waals surface area contributed by atoms with Crippen molar-refractivity contribution in [1.29, 1.82) is 0 Å². The first kappa shape index (κ1) is 26.0. The van der Waals surface area contributed by atoms with E-state index in [1.165, 1.54) is 16.2 Å². The molecule has 2 aromatic carbocycles. The molecule has 1 atom stereocenters. The van der Waals surface area contributed by atoms with E-state index in [2.05, 4.69) is 9.97 Å². The van der Waals surface area contributed by atoms with Gasteiger partial charge in [-0.25, -0.2) is 9.78 Å². The number of pyridine rings is 1. The van der Waals surface area contributed by atoms with Crippen LogP contribution >= 0.6 is 11.3 Å². The maximum atomic E-state index is 14.0. The Morgan fingerprint density at radius 3 is 2.31 bits per heavy atom. The molecular weight excluding hydrogens is 514 g/mol. The number of hydrogen-bond donors (Lipinski definition) is 1. The molecule has 0 aliphatic carbocycles. The predicted octanol–water partition coefficient (Wildman–Crippen LogP) is 5.86. The summed E-state index contributed by atoms with van der Waals surface area (Å²) in [5.74, 6) is -2.30. The lowest BCUT2D eigenvalue weighted by Crippen LogP contribution is -2.31. The van der Waals surface area contributed by atoms with Crippen LogP contribution < -0.4 is 4.90 Å². The van der Waals surface area contributed by atoms with Gasteiger partial charge >= 0.3 is 5.97 Å². The molecule has 1 aliphatic heterocycles. The lowest BCUT2D eigenvalue weighted by molar-refractivity contribution is -0.117. The molecule has 1 unspecified atom stereocenters. The van der Waals surface area contributed by atoms with Crippen LogP contribution in [-0.4, -0.2) is 38.8 Å². The number of anilines is 1. The monoisotopic (exact) mass is 539 g/mol. The van der Waals surface area contributed by atoms with Crippen molar-refractivity contribution in [2.45, 2.75) is 32.9 Å². The van der Waals surface area contributed by atoms with E-state index in [1.54, 1.807) is 69.6 Å². The van der Waals surface area contributed by atoms with E-state index in [0.717, 1.165) is 5.56 Å². The number of esters is 1. The van der Waals surface area contributed by atoms with Crippen LogP contribution in [0.4, 0.5) is 5.69 Å². The lowest BCUT2D eigenvalue weighted by Gasteiger charge is -2.27. The number of ketones is 1. The lowest BCUT2D eigenvalue weighted by atomic mass is 9.95. The number of nitrogens with zero attached hydrogens (tertiary/aromatic N) is 3. The number of carbonyl (C=O) groups is 3. The fraction of sp³-hybridized carbons (Fsp3) is 0.167. The molecule has 0 saturated carbocycles. The van der Waals surface area contributed by atoms with Crippen LogP contribution in [0.5, 0.6) is 0 Å². The standard InChI is InChI=1S/C30H25N3O5S/c1-17(2)38-30(37)21-9-11-22(12-10-21)33-24(19-13-15-31-16-14-19)23(26(35)29(33)36)25(34)27-18(3)32-28(39-27)20-7-5-4-6-8-20/h4-17,24,35H,1-3H3. The van der Waals surface area contributed by atoms with Crippen molar-refractivity contribution in [2.24, 2.45) is 0 Å². The van der Waals surface area contributed by atoms with Gasteiger partial charge in [-0.05, 0) is 62.7 Å². The zero-order valence-electron chi connectivity index (χ0n) is 21.5. The summed E-state index contributed by atoms with van der Waals surface area (Å²) >= 11 is 1.22. The highest BCUT2D eigenvalue weighted by molar-refractivity contribution is 7.17. The molecule has 0 bridgehead atoms. The SMILES string of the molecule is Cc1nc(-c2ccccc2)sc1C(=O)C1=C(O)C(=O)N(c2ccc(C(=O)OC(C)C)cc2)C1c1ccncc1. The van der Waals surface area contributed by atoms with Crippen molar-refractivity contribution in [2.75, 3.05) is 4.90 Å². The zero-order valence-corrected chi connectivity index (χ0v) is 22.3. The quantitative estimate of drug-likeness (QED) is 0.231. The molecule has 1 N–H and O–H groups in total. The van der Waals surface area contributed by atoms with Crippen molar-refractivity contribution < 1.29 is 24.2 Å². The van der Waals surface area contributed by atoms with E-state index in [-0.39, 0.29) is 11.7 Å². The third kappa shape index (κ3) is 4.96. The summed E-state index contributed by atoms with van der Waals surface area (Å²) in [6.45, 7) is 5.25. The second-order valence-electron chi connectivity index (χ2n) is 9.25. The number of aliphatic hydroxyl groups excluding tert-OH is 1. The topological polar surface area (TPSA) is 110 Å². The highest BCUT2D eigenvalue weighted by Gasteiger charge is 2.45. The van der Waals surface area contributed by atoms with Gasteiger partial charge in [-0.3, -0.25) is 19.5 Å². The minimum atomic E-state index is -0.914. The van der Waals surface area contributed by atoms with Crippen molar-refractivity contribution in [3.8, 4) is 10.6 Å². The van der Waals surface area contributed by atoms with E-state index in [4.69, 9.17) is 4.74 Å². The van der Waals surface area contributed by atoms with E-state index in [9.17, 15) is 19.5 Å².